The molecular formula is C11H17NO2S. The van der Waals surface area contributed by atoms with Crippen molar-refractivity contribution in [1.82, 2.24) is 0 Å². The van der Waals surface area contributed by atoms with Gasteiger partial charge < -0.3 is 10.5 Å². The van der Waals surface area contributed by atoms with Crippen LogP contribution in [-0.4, -0.2) is 12.1 Å². The third kappa shape index (κ3) is 2.96. The largest absolute Gasteiger partial charge is 0.458 e. The second-order valence-electron chi connectivity index (χ2n) is 3.47. The van der Waals surface area contributed by atoms with Gasteiger partial charge in [-0.15, -0.1) is 11.3 Å². The van der Waals surface area contributed by atoms with Gasteiger partial charge in [-0.05, 0) is 25.8 Å². The number of rotatable bonds is 4. The molecule has 1 rings (SSSR count). The quantitative estimate of drug-likeness (QED) is 0.804. The summed E-state index contributed by atoms with van der Waals surface area (Å²) < 4.78 is 5.32. The highest BCUT2D eigenvalue weighted by Crippen LogP contribution is 2.24. The number of carbonyl (C=O) groups excluding carboxylic acids is 1. The fourth-order valence-electron chi connectivity index (χ4n) is 1.26. The van der Waals surface area contributed by atoms with E-state index in [1.54, 1.807) is 6.07 Å². The van der Waals surface area contributed by atoms with E-state index in [1.807, 2.05) is 20.8 Å². The van der Waals surface area contributed by atoms with Crippen LogP contribution in [-0.2, 0) is 4.74 Å². The topological polar surface area (TPSA) is 52.3 Å². The Morgan fingerprint density at radius 2 is 2.13 bits per heavy atom. The molecule has 4 heteroatoms. The molecule has 1 heterocycles. The monoisotopic (exact) mass is 227 g/mol. The normalized spacial score (nSPS) is 10.7. The molecule has 0 radical (unpaired) electrons. The summed E-state index contributed by atoms with van der Waals surface area (Å²) in [7, 11) is 0. The van der Waals surface area contributed by atoms with Crippen LogP contribution in [0.5, 0.6) is 0 Å². The van der Waals surface area contributed by atoms with Gasteiger partial charge in [0.2, 0.25) is 0 Å². The maximum Gasteiger partial charge on any atom is 0.348 e. The van der Waals surface area contributed by atoms with E-state index in [0.29, 0.717) is 10.6 Å². The van der Waals surface area contributed by atoms with Gasteiger partial charge in [0.1, 0.15) is 11.0 Å². The first-order valence-electron chi connectivity index (χ1n) is 5.15. The first-order valence-corrected chi connectivity index (χ1v) is 5.97. The van der Waals surface area contributed by atoms with E-state index in [1.165, 1.54) is 11.3 Å². The lowest BCUT2D eigenvalue weighted by atomic mass is 10.2. The number of nitrogen functional groups attached to an aromatic ring is 1. The summed E-state index contributed by atoms with van der Waals surface area (Å²) in [6, 6.07) is 1.69. The highest BCUT2D eigenvalue weighted by molar-refractivity contribution is 7.14. The van der Waals surface area contributed by atoms with Crippen molar-refractivity contribution in [1.29, 1.82) is 0 Å². The Morgan fingerprint density at radius 1 is 1.53 bits per heavy atom. The summed E-state index contributed by atoms with van der Waals surface area (Å²) in [5.41, 5.74) is 6.34. The summed E-state index contributed by atoms with van der Waals surface area (Å²) in [4.78, 5) is 13.2. The number of nitrogens with two attached hydrogens (primary N) is 1. The van der Waals surface area contributed by atoms with E-state index in [4.69, 9.17) is 10.5 Å². The molecule has 0 aliphatic heterocycles. The molecule has 15 heavy (non-hydrogen) atoms. The fraction of sp³-hybridized carbons (Fsp3) is 0.545. The van der Waals surface area contributed by atoms with E-state index in [9.17, 15) is 4.79 Å². The van der Waals surface area contributed by atoms with Gasteiger partial charge in [0.15, 0.2) is 0 Å². The number of carbonyl (C=O) groups is 1. The van der Waals surface area contributed by atoms with Crippen molar-refractivity contribution in [3.63, 3.8) is 0 Å². The number of thiophene rings is 1. The molecule has 0 saturated carbocycles. The molecule has 1 aromatic rings. The number of anilines is 1. The van der Waals surface area contributed by atoms with Crippen LogP contribution in [0.4, 0.5) is 5.69 Å². The predicted octanol–water partition coefficient (Wildman–Crippen LogP) is 2.98. The first kappa shape index (κ1) is 12.0. The van der Waals surface area contributed by atoms with Crippen LogP contribution in [0.1, 0.15) is 41.2 Å². The van der Waals surface area contributed by atoms with Crippen LogP contribution in [0.2, 0.25) is 0 Å². The molecular weight excluding hydrogens is 210 g/mol. The van der Waals surface area contributed by atoms with Gasteiger partial charge in [-0.2, -0.15) is 0 Å². The summed E-state index contributed by atoms with van der Waals surface area (Å²) in [5.74, 6) is -0.256. The third-order valence-corrected chi connectivity index (χ3v) is 3.39. The Hall–Kier alpha value is -1.03. The number of ether oxygens (including phenoxy) is 1. The minimum Gasteiger partial charge on any atom is -0.458 e. The van der Waals surface area contributed by atoms with Gasteiger partial charge >= 0.3 is 5.97 Å². The Balaban J connectivity index is 2.68. The molecule has 0 aromatic carbocycles. The van der Waals surface area contributed by atoms with Crippen LogP contribution in [0.25, 0.3) is 0 Å². The second-order valence-corrected chi connectivity index (χ2v) is 4.72. The molecule has 1 aromatic heterocycles. The SMILES string of the molecule is CCC(CC)OC(=O)c1cc(N)c(C)s1. The molecule has 0 fully saturated rings. The highest BCUT2D eigenvalue weighted by atomic mass is 32.1. The van der Waals surface area contributed by atoms with Crippen molar-refractivity contribution >= 4 is 23.0 Å². The van der Waals surface area contributed by atoms with E-state index in [-0.39, 0.29) is 12.1 Å². The average molecular weight is 227 g/mol. The van der Waals surface area contributed by atoms with Crippen molar-refractivity contribution in [2.75, 3.05) is 5.73 Å². The standard InChI is InChI=1S/C11H17NO2S/c1-4-8(5-2)14-11(13)10-6-9(12)7(3)15-10/h6,8H,4-5,12H2,1-3H3. The van der Waals surface area contributed by atoms with Crippen molar-refractivity contribution in [3.8, 4) is 0 Å². The minimum atomic E-state index is -0.256. The van der Waals surface area contributed by atoms with Gasteiger partial charge in [-0.1, -0.05) is 13.8 Å². The lowest BCUT2D eigenvalue weighted by molar-refractivity contribution is 0.0290. The van der Waals surface area contributed by atoms with E-state index in [2.05, 4.69) is 0 Å². The summed E-state index contributed by atoms with van der Waals surface area (Å²) in [6.07, 6.45) is 1.71. The summed E-state index contributed by atoms with van der Waals surface area (Å²) in [6.45, 7) is 5.92. The zero-order chi connectivity index (χ0) is 11.4. The summed E-state index contributed by atoms with van der Waals surface area (Å²) in [5, 5.41) is 0. The molecule has 84 valence electrons. The molecule has 0 aliphatic rings. The molecule has 0 atom stereocenters. The van der Waals surface area contributed by atoms with Crippen molar-refractivity contribution < 1.29 is 9.53 Å². The Labute approximate surface area is 94.2 Å². The average Bonchev–Trinajstić information content (AvgIpc) is 2.55. The van der Waals surface area contributed by atoms with Crippen LogP contribution in [0, 0.1) is 6.92 Å². The highest BCUT2D eigenvalue weighted by Gasteiger charge is 2.15. The van der Waals surface area contributed by atoms with Gasteiger partial charge in [-0.25, -0.2) is 4.79 Å². The van der Waals surface area contributed by atoms with Crippen molar-refractivity contribution in [2.24, 2.45) is 0 Å². The van der Waals surface area contributed by atoms with Gasteiger partial charge in [0.05, 0.1) is 0 Å². The molecule has 0 unspecified atom stereocenters. The Bertz CT molecular complexity index is 323. The van der Waals surface area contributed by atoms with E-state index < -0.39 is 0 Å². The van der Waals surface area contributed by atoms with Gasteiger partial charge in [-0.3, -0.25) is 0 Å². The lowest BCUT2D eigenvalue weighted by Gasteiger charge is -2.12. The Kier molecular flexibility index (Phi) is 4.15. The second kappa shape index (κ2) is 5.16. The lowest BCUT2D eigenvalue weighted by Crippen LogP contribution is -2.15. The molecule has 0 saturated heterocycles. The minimum absolute atomic E-state index is 0.0149. The zero-order valence-electron chi connectivity index (χ0n) is 9.37. The van der Waals surface area contributed by atoms with Crippen LogP contribution in [0.15, 0.2) is 6.07 Å². The predicted molar refractivity (Wildman–Crippen MR) is 63.3 cm³/mol. The third-order valence-electron chi connectivity index (χ3n) is 2.34. The zero-order valence-corrected chi connectivity index (χ0v) is 10.2. The van der Waals surface area contributed by atoms with Crippen molar-refractivity contribution in [3.05, 3.63) is 15.8 Å². The maximum atomic E-state index is 11.7. The number of esters is 1. The number of aryl methyl sites for hydroxylation is 1. The maximum absolute atomic E-state index is 11.7. The molecule has 0 bridgehead atoms. The Morgan fingerprint density at radius 3 is 2.53 bits per heavy atom. The first-order chi connectivity index (χ1) is 7.08. The smallest absolute Gasteiger partial charge is 0.348 e. The molecule has 0 amide bonds. The number of hydrogen-bond acceptors (Lipinski definition) is 4. The van der Waals surface area contributed by atoms with Crippen LogP contribution < -0.4 is 5.73 Å². The van der Waals surface area contributed by atoms with Gasteiger partial charge in [0, 0.05) is 10.6 Å². The van der Waals surface area contributed by atoms with Crippen molar-refractivity contribution in [2.45, 2.75) is 39.7 Å². The molecule has 0 spiro atoms. The molecule has 0 aliphatic carbocycles. The fourth-order valence-corrected chi connectivity index (χ4v) is 2.09. The van der Waals surface area contributed by atoms with Crippen LogP contribution in [0.3, 0.4) is 0 Å². The van der Waals surface area contributed by atoms with E-state index in [0.717, 1.165) is 17.7 Å². The van der Waals surface area contributed by atoms with Gasteiger partial charge in [0.25, 0.3) is 0 Å². The van der Waals surface area contributed by atoms with Crippen LogP contribution >= 0.6 is 11.3 Å². The van der Waals surface area contributed by atoms with E-state index >= 15 is 0 Å². The summed E-state index contributed by atoms with van der Waals surface area (Å²) >= 11 is 1.39. The molecule has 2 N–H and O–H groups in total. The number of hydrogen-bond donors (Lipinski definition) is 1. The molecule has 3 nitrogen and oxygen atoms in total.